The number of azo groups is 1. The number of benzene rings is 1. The van der Waals surface area contributed by atoms with Crippen LogP contribution in [-0.4, -0.2) is 18.2 Å². The molecule has 0 amide bonds. The maximum absolute atomic E-state index is 5.21. The molecule has 0 bridgehead atoms. The van der Waals surface area contributed by atoms with Gasteiger partial charge >= 0.3 is 0 Å². The molecular formula is C17H24N2O. The average Bonchev–Trinajstić information content (AvgIpc) is 2.98. The quantitative estimate of drug-likeness (QED) is 0.799. The first kappa shape index (κ1) is 13.6. The van der Waals surface area contributed by atoms with E-state index in [0.717, 1.165) is 18.6 Å². The fraction of sp³-hybridized carbons (Fsp3) is 0.647. The molecule has 1 unspecified atom stereocenters. The minimum absolute atomic E-state index is 0.0381. The Hall–Kier alpha value is -1.38. The van der Waals surface area contributed by atoms with Crippen molar-refractivity contribution in [2.45, 2.75) is 57.0 Å². The van der Waals surface area contributed by atoms with Gasteiger partial charge in [0.15, 0.2) is 0 Å². The Balaban J connectivity index is 1.70. The first-order valence-electron chi connectivity index (χ1n) is 7.63. The summed E-state index contributed by atoms with van der Waals surface area (Å²) in [6.45, 7) is 4.48. The highest BCUT2D eigenvalue weighted by Gasteiger charge is 2.54. The number of aryl methyl sites for hydroxylation is 1. The lowest BCUT2D eigenvalue weighted by Gasteiger charge is -2.30. The van der Waals surface area contributed by atoms with Crippen molar-refractivity contribution in [1.82, 2.24) is 0 Å². The van der Waals surface area contributed by atoms with Gasteiger partial charge in [0.2, 0.25) is 0 Å². The number of fused-ring (bicyclic) bond motifs is 1. The average molecular weight is 272 g/mol. The zero-order valence-electron chi connectivity index (χ0n) is 12.7. The van der Waals surface area contributed by atoms with E-state index in [0.29, 0.717) is 5.92 Å². The Morgan fingerprint density at radius 2 is 1.95 bits per heavy atom. The molecular weight excluding hydrogens is 248 g/mol. The largest absolute Gasteiger partial charge is 0.497 e. The maximum atomic E-state index is 5.21. The van der Waals surface area contributed by atoms with E-state index >= 15 is 0 Å². The Kier molecular flexibility index (Phi) is 3.31. The van der Waals surface area contributed by atoms with Crippen molar-refractivity contribution < 1.29 is 4.74 Å². The second kappa shape index (κ2) is 4.87. The SMILES string of the molecule is COc1ccc(CC[C@@]23CCCC2C(C)(C)N=N3)cc1. The highest BCUT2D eigenvalue weighted by Crippen LogP contribution is 2.53. The van der Waals surface area contributed by atoms with Gasteiger partial charge < -0.3 is 4.74 Å². The molecule has 1 aromatic carbocycles. The number of methoxy groups -OCH3 is 1. The summed E-state index contributed by atoms with van der Waals surface area (Å²) in [5.74, 6) is 1.56. The second-order valence-corrected chi connectivity index (χ2v) is 6.75. The van der Waals surface area contributed by atoms with Gasteiger partial charge in [-0.05, 0) is 57.2 Å². The monoisotopic (exact) mass is 272 g/mol. The Bertz CT molecular complexity index is 506. The van der Waals surface area contributed by atoms with E-state index in [1.54, 1.807) is 7.11 Å². The van der Waals surface area contributed by atoms with Gasteiger partial charge in [-0.3, -0.25) is 0 Å². The van der Waals surface area contributed by atoms with Crippen molar-refractivity contribution in [3.05, 3.63) is 29.8 Å². The fourth-order valence-electron chi connectivity index (χ4n) is 3.99. The standard InChI is InChI=1S/C17H24N2O/c1-16(2)15-5-4-11-17(15,19-18-16)12-10-13-6-8-14(20-3)9-7-13/h6-9,15H,4-5,10-12H2,1-3H3/t15?,17-/m0/s1. The number of nitrogens with zero attached hydrogens (tertiary/aromatic N) is 2. The first-order chi connectivity index (χ1) is 9.56. The molecule has 3 heteroatoms. The van der Waals surface area contributed by atoms with Crippen molar-refractivity contribution in [2.75, 3.05) is 7.11 Å². The van der Waals surface area contributed by atoms with Crippen LogP contribution in [0.3, 0.4) is 0 Å². The van der Waals surface area contributed by atoms with Crippen LogP contribution in [0, 0.1) is 5.92 Å². The van der Waals surface area contributed by atoms with Crippen molar-refractivity contribution in [3.63, 3.8) is 0 Å². The van der Waals surface area contributed by atoms with Gasteiger partial charge in [0, 0.05) is 5.92 Å². The molecule has 0 saturated heterocycles. The van der Waals surface area contributed by atoms with Crippen molar-refractivity contribution >= 4 is 0 Å². The van der Waals surface area contributed by atoms with Gasteiger partial charge in [-0.1, -0.05) is 18.6 Å². The fourth-order valence-corrected chi connectivity index (χ4v) is 3.99. The lowest BCUT2D eigenvalue weighted by Crippen LogP contribution is -2.37. The van der Waals surface area contributed by atoms with Gasteiger partial charge in [0.05, 0.1) is 18.2 Å². The van der Waals surface area contributed by atoms with Gasteiger partial charge in [0.25, 0.3) is 0 Å². The predicted octanol–water partition coefficient (Wildman–Crippen LogP) is 4.41. The van der Waals surface area contributed by atoms with Crippen LogP contribution in [-0.2, 0) is 6.42 Å². The van der Waals surface area contributed by atoms with Crippen LogP contribution in [0.4, 0.5) is 0 Å². The number of hydrogen-bond donors (Lipinski definition) is 0. The molecule has 2 atom stereocenters. The van der Waals surface area contributed by atoms with E-state index < -0.39 is 0 Å². The second-order valence-electron chi connectivity index (χ2n) is 6.75. The van der Waals surface area contributed by atoms with Crippen LogP contribution in [0.25, 0.3) is 0 Å². The molecule has 20 heavy (non-hydrogen) atoms. The molecule has 108 valence electrons. The third-order valence-corrected chi connectivity index (χ3v) is 5.12. The smallest absolute Gasteiger partial charge is 0.118 e. The minimum Gasteiger partial charge on any atom is -0.497 e. The Morgan fingerprint density at radius 3 is 2.65 bits per heavy atom. The third kappa shape index (κ3) is 2.23. The normalized spacial score (nSPS) is 30.4. The summed E-state index contributed by atoms with van der Waals surface area (Å²) >= 11 is 0. The summed E-state index contributed by atoms with van der Waals surface area (Å²) in [5.41, 5.74) is 1.52. The molecule has 0 N–H and O–H groups in total. The molecule has 1 saturated carbocycles. The Labute approximate surface area is 121 Å². The van der Waals surface area contributed by atoms with Gasteiger partial charge in [-0.25, -0.2) is 0 Å². The van der Waals surface area contributed by atoms with Crippen LogP contribution in [0.2, 0.25) is 0 Å². The predicted molar refractivity (Wildman–Crippen MR) is 80.3 cm³/mol. The van der Waals surface area contributed by atoms with Crippen LogP contribution in [0.15, 0.2) is 34.5 Å². The lowest BCUT2D eigenvalue weighted by molar-refractivity contribution is 0.260. The minimum atomic E-state index is 0.0381. The molecule has 1 aliphatic heterocycles. The topological polar surface area (TPSA) is 34.0 Å². The van der Waals surface area contributed by atoms with Crippen molar-refractivity contribution in [2.24, 2.45) is 16.1 Å². The number of rotatable bonds is 4. The molecule has 1 aromatic rings. The van der Waals surface area contributed by atoms with Gasteiger partial charge in [-0.2, -0.15) is 10.2 Å². The molecule has 3 rings (SSSR count). The highest BCUT2D eigenvalue weighted by atomic mass is 16.5. The molecule has 1 fully saturated rings. The summed E-state index contributed by atoms with van der Waals surface area (Å²) < 4.78 is 5.21. The van der Waals surface area contributed by atoms with E-state index in [1.165, 1.54) is 24.8 Å². The molecule has 1 aliphatic carbocycles. The number of hydrogen-bond acceptors (Lipinski definition) is 3. The maximum Gasteiger partial charge on any atom is 0.118 e. The van der Waals surface area contributed by atoms with E-state index in [2.05, 4.69) is 31.1 Å². The molecule has 2 aliphatic rings. The zero-order chi connectivity index (χ0) is 14.2. The van der Waals surface area contributed by atoms with E-state index in [4.69, 9.17) is 9.85 Å². The molecule has 0 aromatic heterocycles. The summed E-state index contributed by atoms with van der Waals surface area (Å²) in [4.78, 5) is 0. The van der Waals surface area contributed by atoms with Gasteiger partial charge in [-0.15, -0.1) is 0 Å². The summed E-state index contributed by atoms with van der Waals surface area (Å²) in [6, 6.07) is 8.41. The van der Waals surface area contributed by atoms with Crippen molar-refractivity contribution in [1.29, 1.82) is 0 Å². The lowest BCUT2D eigenvalue weighted by atomic mass is 9.75. The van der Waals surface area contributed by atoms with Crippen molar-refractivity contribution in [3.8, 4) is 5.75 Å². The third-order valence-electron chi connectivity index (χ3n) is 5.12. The van der Waals surface area contributed by atoms with Crippen LogP contribution < -0.4 is 4.74 Å². The van der Waals surface area contributed by atoms with Crippen LogP contribution in [0.1, 0.15) is 45.1 Å². The Morgan fingerprint density at radius 1 is 1.20 bits per heavy atom. The molecule has 3 nitrogen and oxygen atoms in total. The summed E-state index contributed by atoms with van der Waals surface area (Å²) in [7, 11) is 1.71. The van der Waals surface area contributed by atoms with Crippen LogP contribution >= 0.6 is 0 Å². The summed E-state index contributed by atoms with van der Waals surface area (Å²) in [6.07, 6.45) is 5.99. The first-order valence-corrected chi connectivity index (χ1v) is 7.63. The van der Waals surface area contributed by atoms with E-state index in [9.17, 15) is 0 Å². The van der Waals surface area contributed by atoms with Crippen LogP contribution in [0.5, 0.6) is 5.75 Å². The number of ether oxygens (including phenoxy) is 1. The highest BCUT2D eigenvalue weighted by molar-refractivity contribution is 5.27. The summed E-state index contributed by atoms with van der Waals surface area (Å²) in [5, 5.41) is 9.30. The molecule has 0 spiro atoms. The van der Waals surface area contributed by atoms with E-state index in [1.807, 2.05) is 12.1 Å². The van der Waals surface area contributed by atoms with Gasteiger partial charge in [0.1, 0.15) is 5.75 Å². The van der Waals surface area contributed by atoms with E-state index in [-0.39, 0.29) is 11.1 Å². The zero-order valence-corrected chi connectivity index (χ0v) is 12.7. The molecule has 1 heterocycles. The molecule has 0 radical (unpaired) electrons.